The molecular weight excluding hydrogens is 316 g/mol. The number of amides is 2. The standard InChI is InChI=1S/C19H22N4O2/c1-23-17(11-13-22-23)18-10-9-16(25-18)14-21-19(24)20-12-5-8-15-6-3-2-4-7-15/h2-4,6-7,9-11,13H,5,8,12,14H2,1H3,(H2,20,21,24). The van der Waals surface area contributed by atoms with Crippen LogP contribution in [0.2, 0.25) is 0 Å². The van der Waals surface area contributed by atoms with Crippen molar-refractivity contribution in [3.8, 4) is 11.5 Å². The van der Waals surface area contributed by atoms with Crippen LogP contribution in [0.3, 0.4) is 0 Å². The minimum Gasteiger partial charge on any atom is -0.458 e. The number of aromatic nitrogens is 2. The van der Waals surface area contributed by atoms with E-state index < -0.39 is 0 Å². The van der Waals surface area contributed by atoms with Crippen molar-refractivity contribution in [2.45, 2.75) is 19.4 Å². The third-order valence-corrected chi connectivity index (χ3v) is 3.93. The maximum Gasteiger partial charge on any atom is 0.315 e. The van der Waals surface area contributed by atoms with Crippen molar-refractivity contribution >= 4 is 6.03 Å². The van der Waals surface area contributed by atoms with Crippen LogP contribution in [0.4, 0.5) is 4.79 Å². The van der Waals surface area contributed by atoms with Gasteiger partial charge in [0.2, 0.25) is 0 Å². The first-order valence-corrected chi connectivity index (χ1v) is 8.35. The zero-order chi connectivity index (χ0) is 17.5. The number of nitrogens with zero attached hydrogens (tertiary/aromatic N) is 2. The van der Waals surface area contributed by atoms with E-state index in [0.29, 0.717) is 18.8 Å². The molecule has 2 amide bonds. The summed E-state index contributed by atoms with van der Waals surface area (Å²) in [6, 6.07) is 15.7. The number of benzene rings is 1. The van der Waals surface area contributed by atoms with Gasteiger partial charge in [0.05, 0.1) is 6.54 Å². The van der Waals surface area contributed by atoms with Crippen LogP contribution < -0.4 is 10.6 Å². The molecule has 0 bridgehead atoms. The molecule has 0 atom stereocenters. The highest BCUT2D eigenvalue weighted by Gasteiger charge is 2.09. The highest BCUT2D eigenvalue weighted by molar-refractivity contribution is 5.73. The smallest absolute Gasteiger partial charge is 0.315 e. The topological polar surface area (TPSA) is 72.1 Å². The SMILES string of the molecule is Cn1nccc1-c1ccc(CNC(=O)NCCCc2ccccc2)o1. The number of aryl methyl sites for hydroxylation is 2. The molecular formula is C19H22N4O2. The van der Waals surface area contributed by atoms with Gasteiger partial charge in [-0.1, -0.05) is 30.3 Å². The summed E-state index contributed by atoms with van der Waals surface area (Å²) in [6.07, 6.45) is 3.58. The monoisotopic (exact) mass is 338 g/mol. The summed E-state index contributed by atoms with van der Waals surface area (Å²) in [5.41, 5.74) is 2.18. The fourth-order valence-electron chi connectivity index (χ4n) is 2.60. The normalized spacial score (nSPS) is 10.6. The van der Waals surface area contributed by atoms with Crippen LogP contribution in [-0.4, -0.2) is 22.4 Å². The predicted molar refractivity (Wildman–Crippen MR) is 95.9 cm³/mol. The van der Waals surface area contributed by atoms with Crippen LogP contribution in [0, 0.1) is 0 Å². The number of hydrogen-bond acceptors (Lipinski definition) is 3. The summed E-state index contributed by atoms with van der Waals surface area (Å²) in [6.45, 7) is 0.988. The molecule has 6 nitrogen and oxygen atoms in total. The lowest BCUT2D eigenvalue weighted by atomic mass is 10.1. The van der Waals surface area contributed by atoms with E-state index in [-0.39, 0.29) is 6.03 Å². The molecule has 1 aromatic carbocycles. The summed E-state index contributed by atoms with van der Waals surface area (Å²) in [7, 11) is 1.86. The van der Waals surface area contributed by atoms with Gasteiger partial charge in [-0.2, -0.15) is 5.10 Å². The fraction of sp³-hybridized carbons (Fsp3) is 0.263. The molecule has 0 aliphatic carbocycles. The van der Waals surface area contributed by atoms with Gasteiger partial charge in [-0.25, -0.2) is 4.79 Å². The first-order valence-electron chi connectivity index (χ1n) is 8.35. The number of rotatable bonds is 7. The van der Waals surface area contributed by atoms with E-state index in [1.807, 2.05) is 43.4 Å². The minimum atomic E-state index is -0.188. The van der Waals surface area contributed by atoms with E-state index in [0.717, 1.165) is 24.3 Å². The molecule has 0 saturated carbocycles. The molecule has 0 unspecified atom stereocenters. The van der Waals surface area contributed by atoms with E-state index in [4.69, 9.17) is 4.42 Å². The number of hydrogen-bond donors (Lipinski definition) is 2. The maximum absolute atomic E-state index is 11.8. The number of carbonyl (C=O) groups is 1. The Labute approximate surface area is 146 Å². The molecule has 130 valence electrons. The van der Waals surface area contributed by atoms with Gasteiger partial charge in [-0.05, 0) is 36.6 Å². The summed E-state index contributed by atoms with van der Waals surface area (Å²) in [5.74, 6) is 1.44. The van der Waals surface area contributed by atoms with Crippen LogP contribution >= 0.6 is 0 Å². The fourth-order valence-corrected chi connectivity index (χ4v) is 2.60. The average molecular weight is 338 g/mol. The molecule has 0 aliphatic heterocycles. The van der Waals surface area contributed by atoms with Crippen molar-refractivity contribution in [1.29, 1.82) is 0 Å². The van der Waals surface area contributed by atoms with E-state index in [2.05, 4.69) is 27.9 Å². The van der Waals surface area contributed by atoms with Gasteiger partial charge in [0.15, 0.2) is 5.76 Å². The third-order valence-electron chi connectivity index (χ3n) is 3.93. The van der Waals surface area contributed by atoms with Gasteiger partial charge in [0.1, 0.15) is 11.5 Å². The Bertz CT molecular complexity index is 808. The molecule has 0 aliphatic rings. The van der Waals surface area contributed by atoms with Crippen molar-refractivity contribution in [3.63, 3.8) is 0 Å². The first kappa shape index (κ1) is 16.8. The van der Waals surface area contributed by atoms with Crippen LogP contribution in [0.15, 0.2) is 59.1 Å². The maximum atomic E-state index is 11.8. The highest BCUT2D eigenvalue weighted by atomic mass is 16.3. The second kappa shape index (κ2) is 8.19. The molecule has 0 spiro atoms. The Hall–Kier alpha value is -3.02. The van der Waals surface area contributed by atoms with Gasteiger partial charge >= 0.3 is 6.03 Å². The molecule has 3 rings (SSSR count). The largest absolute Gasteiger partial charge is 0.458 e. The predicted octanol–water partition coefficient (Wildman–Crippen LogP) is 3.11. The molecule has 25 heavy (non-hydrogen) atoms. The highest BCUT2D eigenvalue weighted by Crippen LogP contribution is 2.20. The van der Waals surface area contributed by atoms with Gasteiger partial charge in [-0.15, -0.1) is 0 Å². The van der Waals surface area contributed by atoms with Gasteiger partial charge < -0.3 is 15.1 Å². The van der Waals surface area contributed by atoms with E-state index >= 15 is 0 Å². The molecule has 0 fully saturated rings. The van der Waals surface area contributed by atoms with E-state index in [1.54, 1.807) is 10.9 Å². The molecule has 3 aromatic rings. The molecule has 2 N–H and O–H groups in total. The number of urea groups is 1. The van der Waals surface area contributed by atoms with Gasteiger partial charge in [-0.3, -0.25) is 4.68 Å². The van der Waals surface area contributed by atoms with Gasteiger partial charge in [0.25, 0.3) is 0 Å². The third kappa shape index (κ3) is 4.73. The van der Waals surface area contributed by atoms with Crippen molar-refractivity contribution in [2.75, 3.05) is 6.54 Å². The number of carbonyl (C=O) groups excluding carboxylic acids is 1. The second-order valence-electron chi connectivity index (χ2n) is 5.80. The molecule has 0 radical (unpaired) electrons. The van der Waals surface area contributed by atoms with Crippen LogP contribution in [-0.2, 0) is 20.0 Å². The van der Waals surface area contributed by atoms with Gasteiger partial charge in [0, 0.05) is 19.8 Å². The number of furan rings is 1. The van der Waals surface area contributed by atoms with Crippen molar-refractivity contribution in [1.82, 2.24) is 20.4 Å². The number of nitrogens with one attached hydrogen (secondary N) is 2. The Balaban J connectivity index is 1.38. The molecule has 2 aromatic heterocycles. The Kier molecular flexibility index (Phi) is 5.51. The molecule has 0 saturated heterocycles. The molecule has 2 heterocycles. The average Bonchev–Trinajstić information content (AvgIpc) is 3.26. The Morgan fingerprint density at radius 2 is 1.96 bits per heavy atom. The zero-order valence-electron chi connectivity index (χ0n) is 14.2. The Morgan fingerprint density at radius 3 is 2.72 bits per heavy atom. The Morgan fingerprint density at radius 1 is 1.12 bits per heavy atom. The summed E-state index contributed by atoms with van der Waals surface area (Å²) < 4.78 is 7.48. The lowest BCUT2D eigenvalue weighted by Crippen LogP contribution is -2.35. The quantitative estimate of drug-likeness (QED) is 0.650. The van der Waals surface area contributed by atoms with Crippen LogP contribution in [0.5, 0.6) is 0 Å². The van der Waals surface area contributed by atoms with E-state index in [1.165, 1.54) is 5.56 Å². The lowest BCUT2D eigenvalue weighted by Gasteiger charge is -2.06. The summed E-state index contributed by atoms with van der Waals surface area (Å²) >= 11 is 0. The van der Waals surface area contributed by atoms with E-state index in [9.17, 15) is 4.79 Å². The zero-order valence-corrected chi connectivity index (χ0v) is 14.2. The first-order chi connectivity index (χ1) is 12.2. The van der Waals surface area contributed by atoms with Crippen LogP contribution in [0.1, 0.15) is 17.7 Å². The van der Waals surface area contributed by atoms with Crippen molar-refractivity contribution < 1.29 is 9.21 Å². The minimum absolute atomic E-state index is 0.188. The second-order valence-corrected chi connectivity index (χ2v) is 5.80. The summed E-state index contributed by atoms with van der Waals surface area (Å²) in [4.78, 5) is 11.8. The lowest BCUT2D eigenvalue weighted by molar-refractivity contribution is 0.239. The van der Waals surface area contributed by atoms with Crippen molar-refractivity contribution in [3.05, 3.63) is 66.1 Å². The summed E-state index contributed by atoms with van der Waals surface area (Å²) in [5, 5.41) is 9.78. The molecule has 6 heteroatoms. The van der Waals surface area contributed by atoms with Crippen LogP contribution in [0.25, 0.3) is 11.5 Å². The van der Waals surface area contributed by atoms with Crippen molar-refractivity contribution in [2.24, 2.45) is 7.05 Å².